The number of hydrogen-bond acceptors (Lipinski definition) is 2. The van der Waals surface area contributed by atoms with Gasteiger partial charge in [-0.1, -0.05) is 0 Å². The SMILES string of the molecule is CC(=O)O.CS.O.[CaH2]. The Hall–Kier alpha value is 1.04. The molecule has 8 heavy (non-hydrogen) atoms. The Balaban J connectivity index is -0.0000000183. The first kappa shape index (κ1) is 23.0. The second kappa shape index (κ2) is 24.4. The average molecular weight is 168 g/mol. The van der Waals surface area contributed by atoms with Gasteiger partial charge in [0.15, 0.2) is 0 Å². The minimum absolute atomic E-state index is 0. The van der Waals surface area contributed by atoms with Crippen LogP contribution in [0.1, 0.15) is 6.92 Å². The summed E-state index contributed by atoms with van der Waals surface area (Å²) in [7, 11) is 0. The van der Waals surface area contributed by atoms with Crippen molar-refractivity contribution in [3.05, 3.63) is 0 Å². The molecule has 0 spiro atoms. The Labute approximate surface area is 84.2 Å². The van der Waals surface area contributed by atoms with Gasteiger partial charge in [0.1, 0.15) is 0 Å². The molecule has 0 heterocycles. The molecule has 0 atom stereocenters. The number of aliphatic carboxylic acids is 1. The number of carboxylic acid groups (broad SMARTS) is 1. The fraction of sp³-hybridized carbons (Fsp3) is 0.667. The van der Waals surface area contributed by atoms with Crippen LogP contribution in [0.3, 0.4) is 0 Å². The molecular formula is C3H12CaO3S. The zero-order valence-electron chi connectivity index (χ0n) is 4.30. The molecule has 0 saturated heterocycles. The van der Waals surface area contributed by atoms with Crippen LogP contribution in [0.2, 0.25) is 0 Å². The van der Waals surface area contributed by atoms with E-state index < -0.39 is 5.97 Å². The molecule has 0 aliphatic carbocycles. The second-order valence-electron chi connectivity index (χ2n) is 0.519. The van der Waals surface area contributed by atoms with Crippen LogP contribution in [-0.2, 0) is 4.79 Å². The number of thiol groups is 1. The normalized spacial score (nSPS) is 3.88. The summed E-state index contributed by atoms with van der Waals surface area (Å²) in [6, 6.07) is 0. The van der Waals surface area contributed by atoms with Gasteiger partial charge < -0.3 is 10.6 Å². The third-order valence-corrected chi connectivity index (χ3v) is 0. The van der Waals surface area contributed by atoms with Crippen LogP contribution in [0.4, 0.5) is 0 Å². The van der Waals surface area contributed by atoms with E-state index in [2.05, 4.69) is 12.6 Å². The van der Waals surface area contributed by atoms with Gasteiger partial charge in [-0.2, -0.15) is 12.6 Å². The molecule has 3 N–H and O–H groups in total. The van der Waals surface area contributed by atoms with E-state index in [4.69, 9.17) is 9.90 Å². The van der Waals surface area contributed by atoms with Crippen molar-refractivity contribution in [2.45, 2.75) is 6.92 Å². The van der Waals surface area contributed by atoms with E-state index in [1.807, 2.05) is 0 Å². The van der Waals surface area contributed by atoms with Crippen LogP contribution in [-0.4, -0.2) is 60.5 Å². The molecule has 0 rings (SSSR count). The maximum atomic E-state index is 9.00. The van der Waals surface area contributed by atoms with E-state index in [0.717, 1.165) is 6.92 Å². The van der Waals surface area contributed by atoms with E-state index in [1.54, 1.807) is 6.26 Å². The van der Waals surface area contributed by atoms with E-state index in [-0.39, 0.29) is 43.2 Å². The van der Waals surface area contributed by atoms with Crippen LogP contribution in [0.25, 0.3) is 0 Å². The molecule has 50 valence electrons. The predicted octanol–water partition coefficient (Wildman–Crippen LogP) is -1.10. The standard InChI is InChI=1S/C2H4O2.CH4S.Ca.H2O.2H/c1-2(3)4;1-2;;;;/h1H3,(H,3,4);2H,1H3;;1H2;;. The van der Waals surface area contributed by atoms with E-state index in [9.17, 15) is 0 Å². The van der Waals surface area contributed by atoms with Gasteiger partial charge in [0, 0.05) is 6.92 Å². The van der Waals surface area contributed by atoms with Crippen molar-refractivity contribution in [1.29, 1.82) is 0 Å². The Morgan fingerprint density at radius 2 is 1.50 bits per heavy atom. The summed E-state index contributed by atoms with van der Waals surface area (Å²) >= 11 is 3.53. The molecule has 0 aliphatic rings. The quantitative estimate of drug-likeness (QED) is 0.356. The molecule has 3 nitrogen and oxygen atoms in total. The molecule has 0 bridgehead atoms. The summed E-state index contributed by atoms with van der Waals surface area (Å²) in [5.74, 6) is -0.833. The van der Waals surface area contributed by atoms with E-state index in [1.165, 1.54) is 0 Å². The fourth-order valence-electron chi connectivity index (χ4n) is 0. The van der Waals surface area contributed by atoms with Gasteiger partial charge in [-0.05, 0) is 6.26 Å². The summed E-state index contributed by atoms with van der Waals surface area (Å²) in [6.07, 6.45) is 1.69. The Morgan fingerprint density at radius 1 is 1.50 bits per heavy atom. The fourth-order valence-corrected chi connectivity index (χ4v) is 0. The Morgan fingerprint density at radius 3 is 1.50 bits per heavy atom. The van der Waals surface area contributed by atoms with Crippen LogP contribution < -0.4 is 0 Å². The van der Waals surface area contributed by atoms with E-state index >= 15 is 0 Å². The van der Waals surface area contributed by atoms with Crippen molar-refractivity contribution >= 4 is 56.3 Å². The van der Waals surface area contributed by atoms with Crippen molar-refractivity contribution in [2.75, 3.05) is 6.26 Å². The van der Waals surface area contributed by atoms with Crippen LogP contribution in [0, 0.1) is 0 Å². The van der Waals surface area contributed by atoms with Crippen molar-refractivity contribution in [3.63, 3.8) is 0 Å². The van der Waals surface area contributed by atoms with Gasteiger partial charge in [-0.15, -0.1) is 0 Å². The molecule has 0 unspecified atom stereocenters. The maximum absolute atomic E-state index is 9.00. The van der Waals surface area contributed by atoms with Crippen LogP contribution >= 0.6 is 12.6 Å². The van der Waals surface area contributed by atoms with Crippen LogP contribution in [0.15, 0.2) is 0 Å². The zero-order chi connectivity index (χ0) is 5.58. The molecule has 0 fully saturated rings. The first-order valence-corrected chi connectivity index (χ1v) is 2.27. The van der Waals surface area contributed by atoms with Gasteiger partial charge in [0.25, 0.3) is 5.97 Å². The number of hydrogen-bond donors (Lipinski definition) is 2. The number of rotatable bonds is 0. The molecule has 0 amide bonds. The van der Waals surface area contributed by atoms with Crippen molar-refractivity contribution in [3.8, 4) is 0 Å². The first-order valence-electron chi connectivity index (χ1n) is 1.37. The number of carbonyl (C=O) groups is 1. The summed E-state index contributed by atoms with van der Waals surface area (Å²) in [6.45, 7) is 1.08. The molecular weight excluding hydrogens is 156 g/mol. The summed E-state index contributed by atoms with van der Waals surface area (Å²) in [4.78, 5) is 9.00. The number of carboxylic acids is 1. The molecule has 0 aromatic heterocycles. The summed E-state index contributed by atoms with van der Waals surface area (Å²) in [5, 5.41) is 7.42. The monoisotopic (exact) mass is 168 g/mol. The average Bonchev–Trinajstić information content (AvgIpc) is 1.41. The van der Waals surface area contributed by atoms with Gasteiger partial charge >= 0.3 is 37.7 Å². The predicted molar refractivity (Wildman–Crippen MR) is 40.4 cm³/mol. The Kier molecular flexibility index (Phi) is 70.2. The summed E-state index contributed by atoms with van der Waals surface area (Å²) < 4.78 is 0. The molecule has 0 saturated carbocycles. The molecule has 0 aromatic rings. The van der Waals surface area contributed by atoms with Gasteiger partial charge in [-0.3, -0.25) is 4.79 Å². The van der Waals surface area contributed by atoms with Crippen molar-refractivity contribution < 1.29 is 15.4 Å². The molecule has 0 aliphatic heterocycles. The molecule has 0 aromatic carbocycles. The minimum atomic E-state index is -0.833. The van der Waals surface area contributed by atoms with Crippen molar-refractivity contribution in [1.82, 2.24) is 0 Å². The zero-order valence-corrected chi connectivity index (χ0v) is 5.20. The molecule has 5 heteroatoms. The third kappa shape index (κ3) is 238. The topological polar surface area (TPSA) is 68.8 Å². The second-order valence-corrected chi connectivity index (χ2v) is 0.519. The van der Waals surface area contributed by atoms with Crippen molar-refractivity contribution in [2.24, 2.45) is 0 Å². The van der Waals surface area contributed by atoms with E-state index in [0.29, 0.717) is 0 Å². The van der Waals surface area contributed by atoms with Gasteiger partial charge in [-0.25, -0.2) is 0 Å². The van der Waals surface area contributed by atoms with Gasteiger partial charge in [0.2, 0.25) is 0 Å². The Bertz CT molecular complexity index is 37.5. The summed E-state index contributed by atoms with van der Waals surface area (Å²) in [5.41, 5.74) is 0. The van der Waals surface area contributed by atoms with Gasteiger partial charge in [0.05, 0.1) is 0 Å². The third-order valence-electron chi connectivity index (χ3n) is 0. The first-order chi connectivity index (χ1) is 2.73. The van der Waals surface area contributed by atoms with Crippen LogP contribution in [0.5, 0.6) is 0 Å². The molecule has 0 radical (unpaired) electrons.